The number of benzene rings is 1. The largest absolute Gasteiger partial charge is 0.464 e. The summed E-state index contributed by atoms with van der Waals surface area (Å²) in [6.07, 6.45) is -0.801. The average Bonchev–Trinajstić information content (AvgIpc) is 2.81. The zero-order valence-electron chi connectivity index (χ0n) is 20.0. The Bertz CT molecular complexity index is 723. The summed E-state index contributed by atoms with van der Waals surface area (Å²) in [4.78, 5) is 25.2. The van der Waals surface area contributed by atoms with E-state index in [0.29, 0.717) is 61.8 Å². The van der Waals surface area contributed by atoms with E-state index in [1.54, 1.807) is 12.1 Å². The molecule has 0 heterocycles. The van der Waals surface area contributed by atoms with Gasteiger partial charge in [-0.05, 0) is 31.8 Å². The first-order valence-electron chi connectivity index (χ1n) is 11.0. The highest BCUT2D eigenvalue weighted by atomic mass is 35.5. The molecular weight excluding hydrogens is 561 g/mol. The van der Waals surface area contributed by atoms with Gasteiger partial charge in [-0.1, -0.05) is 0 Å². The van der Waals surface area contributed by atoms with Gasteiger partial charge in [0.1, 0.15) is 12.7 Å². The first-order chi connectivity index (χ1) is 16.8. The number of hydrogen-bond donors (Lipinski definition) is 0. The van der Waals surface area contributed by atoms with Crippen molar-refractivity contribution in [3.05, 3.63) is 39.9 Å². The molecule has 0 bridgehead atoms. The van der Waals surface area contributed by atoms with Gasteiger partial charge in [0, 0.05) is 68.4 Å². The molecule has 0 aliphatic rings. The van der Waals surface area contributed by atoms with Gasteiger partial charge < -0.3 is 14.2 Å². The van der Waals surface area contributed by atoms with Crippen molar-refractivity contribution in [3.8, 4) is 0 Å². The lowest BCUT2D eigenvalue weighted by Gasteiger charge is -2.39. The fourth-order valence-corrected chi connectivity index (χ4v) is 6.38. The minimum absolute atomic E-state index is 0.0554. The topological polar surface area (TPSA) is 88.4 Å². The third kappa shape index (κ3) is 12.5. The predicted molar refractivity (Wildman–Crippen MR) is 144 cm³/mol. The van der Waals surface area contributed by atoms with Crippen molar-refractivity contribution in [2.45, 2.75) is 12.5 Å². The summed E-state index contributed by atoms with van der Waals surface area (Å²) in [5.74, 6) is 0.965. The number of nitrogens with zero attached hydrogens (tertiary/aromatic N) is 4. The van der Waals surface area contributed by atoms with Crippen molar-refractivity contribution in [1.82, 2.24) is 14.2 Å². The van der Waals surface area contributed by atoms with Crippen LogP contribution in [-0.4, -0.2) is 102 Å². The summed E-state index contributed by atoms with van der Waals surface area (Å²) in [7, 11) is 2.30. The number of hydrogen-bond acceptors (Lipinski definition) is 8. The molecular formula is C21H33Cl4N4O5P. The smallest absolute Gasteiger partial charge is 0.308 e. The highest BCUT2D eigenvalue weighted by Gasteiger charge is 2.31. The van der Waals surface area contributed by atoms with Gasteiger partial charge in [-0.2, -0.15) is 0 Å². The van der Waals surface area contributed by atoms with E-state index < -0.39 is 25.4 Å². The number of alkyl halides is 4. The van der Waals surface area contributed by atoms with Gasteiger partial charge >= 0.3 is 5.97 Å². The second-order valence-electron chi connectivity index (χ2n) is 7.59. The van der Waals surface area contributed by atoms with Crippen LogP contribution in [0.15, 0.2) is 24.3 Å². The Morgan fingerprint density at radius 1 is 0.943 bits per heavy atom. The minimum Gasteiger partial charge on any atom is -0.464 e. The molecule has 0 fully saturated rings. The van der Waals surface area contributed by atoms with Crippen LogP contribution in [0.2, 0.25) is 0 Å². The monoisotopic (exact) mass is 592 g/mol. The van der Waals surface area contributed by atoms with Crippen molar-refractivity contribution >= 4 is 66.5 Å². The first-order valence-corrected chi connectivity index (χ1v) is 14.3. The van der Waals surface area contributed by atoms with Gasteiger partial charge in [-0.15, -0.1) is 46.4 Å². The molecule has 0 aliphatic carbocycles. The number of esters is 1. The maximum Gasteiger partial charge on any atom is 0.308 e. The number of ether oxygens (including phenoxy) is 1. The first kappa shape index (κ1) is 32.5. The Kier molecular flexibility index (Phi) is 17.4. The molecule has 1 aromatic rings. The number of carbonyl (C=O) groups excluding carboxylic acids is 1. The van der Waals surface area contributed by atoms with Crippen molar-refractivity contribution in [2.24, 2.45) is 0 Å². The molecule has 14 heteroatoms. The number of halogens is 4. The van der Waals surface area contributed by atoms with Crippen LogP contribution in [-0.2, 0) is 14.1 Å². The molecule has 1 unspecified atom stereocenters. The highest BCUT2D eigenvalue weighted by Crippen LogP contribution is 2.50. The van der Waals surface area contributed by atoms with Crippen LogP contribution in [0, 0.1) is 10.1 Å². The van der Waals surface area contributed by atoms with Crippen LogP contribution in [0.25, 0.3) is 0 Å². The van der Waals surface area contributed by atoms with Crippen LogP contribution in [0.3, 0.4) is 0 Å². The second kappa shape index (κ2) is 18.7. The molecule has 0 aromatic heterocycles. The van der Waals surface area contributed by atoms with Gasteiger partial charge in [0.25, 0.3) is 5.69 Å². The molecule has 200 valence electrons. The molecule has 0 saturated carbocycles. The van der Waals surface area contributed by atoms with Gasteiger partial charge in [-0.25, -0.2) is 9.34 Å². The molecule has 1 aromatic carbocycles. The van der Waals surface area contributed by atoms with Crippen LogP contribution in [0.1, 0.15) is 18.1 Å². The highest BCUT2D eigenvalue weighted by molar-refractivity contribution is 7.47. The van der Waals surface area contributed by atoms with Gasteiger partial charge in [0.2, 0.25) is 0 Å². The third-order valence-electron chi connectivity index (χ3n) is 4.71. The molecule has 1 rings (SSSR count). The zero-order chi connectivity index (χ0) is 26.2. The van der Waals surface area contributed by atoms with Gasteiger partial charge in [-0.3, -0.25) is 14.9 Å². The number of carbonyl (C=O) groups is 1. The minimum atomic E-state index is -1.47. The van der Waals surface area contributed by atoms with Gasteiger partial charge in [0.15, 0.2) is 8.45 Å². The van der Waals surface area contributed by atoms with E-state index in [0.717, 1.165) is 0 Å². The summed E-state index contributed by atoms with van der Waals surface area (Å²) < 4.78 is 16.0. The van der Waals surface area contributed by atoms with Crippen molar-refractivity contribution in [1.29, 1.82) is 0 Å². The number of likely N-dealkylation sites (N-methyl/N-ethyl adjacent to an activating group) is 1. The molecule has 0 spiro atoms. The van der Waals surface area contributed by atoms with E-state index in [9.17, 15) is 14.9 Å². The Morgan fingerprint density at radius 3 is 1.83 bits per heavy atom. The normalized spacial score (nSPS) is 12.6. The molecule has 1 atom stereocenters. The van der Waals surface area contributed by atoms with E-state index in [-0.39, 0.29) is 18.7 Å². The zero-order valence-corrected chi connectivity index (χ0v) is 23.9. The van der Waals surface area contributed by atoms with Gasteiger partial charge in [0.05, 0.1) is 11.3 Å². The molecule has 0 radical (unpaired) electrons. The van der Waals surface area contributed by atoms with Crippen LogP contribution in [0.4, 0.5) is 5.69 Å². The maximum absolute atomic E-state index is 12.7. The lowest BCUT2D eigenvalue weighted by atomic mass is 10.1. The molecule has 0 amide bonds. The fourth-order valence-electron chi connectivity index (χ4n) is 2.96. The molecule has 0 N–H and O–H groups in total. The summed E-state index contributed by atoms with van der Waals surface area (Å²) >= 11 is 24.2. The number of nitro groups is 1. The quantitative estimate of drug-likeness (QED) is 0.0733. The summed E-state index contributed by atoms with van der Waals surface area (Å²) in [6.45, 7) is 2.83. The Hall–Kier alpha value is -0.480. The lowest BCUT2D eigenvalue weighted by molar-refractivity contribution is -0.384. The Balaban J connectivity index is 3.28. The van der Waals surface area contributed by atoms with E-state index in [2.05, 4.69) is 0 Å². The number of non-ortho nitro benzene ring substituents is 1. The van der Waals surface area contributed by atoms with Crippen molar-refractivity contribution in [2.75, 3.05) is 76.9 Å². The Labute approximate surface area is 228 Å². The van der Waals surface area contributed by atoms with E-state index in [4.69, 9.17) is 55.7 Å². The van der Waals surface area contributed by atoms with E-state index >= 15 is 0 Å². The SMILES string of the molecule is CN(C)CCOC(=O)CC(OP(N(CCCl)CCCl)N(CCCl)CCCl)c1ccc([N+](=O)[O-])cc1. The van der Waals surface area contributed by atoms with Crippen LogP contribution >= 0.6 is 54.9 Å². The maximum atomic E-state index is 12.7. The number of nitro benzene ring substituents is 1. The lowest BCUT2D eigenvalue weighted by Crippen LogP contribution is -2.35. The Morgan fingerprint density at radius 2 is 1.43 bits per heavy atom. The van der Waals surface area contributed by atoms with Crippen LogP contribution in [0.5, 0.6) is 0 Å². The summed E-state index contributed by atoms with van der Waals surface area (Å²) in [5.41, 5.74) is 0.557. The van der Waals surface area contributed by atoms with Crippen molar-refractivity contribution < 1.29 is 19.0 Å². The molecule has 0 saturated heterocycles. The van der Waals surface area contributed by atoms with E-state index in [1.165, 1.54) is 12.1 Å². The average molecular weight is 594 g/mol. The summed E-state index contributed by atoms with van der Waals surface area (Å²) in [6, 6.07) is 5.94. The summed E-state index contributed by atoms with van der Waals surface area (Å²) in [5, 5.41) is 11.1. The van der Waals surface area contributed by atoms with Crippen molar-refractivity contribution in [3.63, 3.8) is 0 Å². The van der Waals surface area contributed by atoms with Crippen LogP contribution < -0.4 is 0 Å². The second-order valence-corrected chi connectivity index (χ2v) is 10.9. The molecule has 35 heavy (non-hydrogen) atoms. The standard InChI is InChI=1S/C21H33Cl4N4O5P/c1-26(2)15-16-33-21(30)17-20(18-3-5-19(6-4-18)29(31)32)34-35(27(11-7-22)12-8-23)28(13-9-24)14-10-25/h3-6,20H,7-17H2,1-2H3. The van der Waals surface area contributed by atoms with E-state index in [1.807, 2.05) is 28.3 Å². The fraction of sp³-hybridized carbons (Fsp3) is 0.667. The molecule has 0 aliphatic heterocycles. The predicted octanol–water partition coefficient (Wildman–Crippen LogP) is 4.93. The third-order valence-corrected chi connectivity index (χ3v) is 7.59. The number of rotatable bonds is 19. The molecule has 9 nitrogen and oxygen atoms in total.